The van der Waals surface area contributed by atoms with Crippen LogP contribution in [-0.2, 0) is 10.0 Å². The average molecular weight is 295 g/mol. The Balaban J connectivity index is 2.36. The van der Waals surface area contributed by atoms with E-state index in [1.807, 2.05) is 0 Å². The fourth-order valence-corrected chi connectivity index (χ4v) is 2.58. The summed E-state index contributed by atoms with van der Waals surface area (Å²) in [7, 11) is -3.75. The monoisotopic (exact) mass is 295 g/mol. The van der Waals surface area contributed by atoms with Crippen LogP contribution in [0.25, 0.3) is 0 Å². The highest BCUT2D eigenvalue weighted by Crippen LogP contribution is 2.28. The van der Waals surface area contributed by atoms with Crippen LogP contribution in [-0.4, -0.2) is 8.42 Å². The summed E-state index contributed by atoms with van der Waals surface area (Å²) in [4.78, 5) is 0.0424. The summed E-state index contributed by atoms with van der Waals surface area (Å²) in [5.74, 6) is 0.403. The second-order valence-electron chi connectivity index (χ2n) is 4.48. The SMILES string of the molecule is Cc1ccc(F)cc1Oc1ccc(S(N)(=O)=O)c(C)c1. The van der Waals surface area contributed by atoms with E-state index in [2.05, 4.69) is 0 Å². The van der Waals surface area contributed by atoms with Gasteiger partial charge in [-0.2, -0.15) is 0 Å². The molecule has 2 aromatic rings. The van der Waals surface area contributed by atoms with E-state index in [9.17, 15) is 12.8 Å². The van der Waals surface area contributed by atoms with E-state index in [0.29, 0.717) is 17.1 Å². The van der Waals surface area contributed by atoms with E-state index in [4.69, 9.17) is 9.88 Å². The van der Waals surface area contributed by atoms with Gasteiger partial charge < -0.3 is 4.74 Å². The summed E-state index contributed by atoms with van der Waals surface area (Å²) in [6.07, 6.45) is 0. The van der Waals surface area contributed by atoms with Crippen molar-refractivity contribution in [3.8, 4) is 11.5 Å². The molecule has 0 spiro atoms. The van der Waals surface area contributed by atoms with Crippen LogP contribution in [0, 0.1) is 19.7 Å². The molecule has 0 saturated carbocycles. The van der Waals surface area contributed by atoms with Crippen LogP contribution in [0.5, 0.6) is 11.5 Å². The maximum Gasteiger partial charge on any atom is 0.238 e. The molecule has 0 amide bonds. The summed E-state index contributed by atoms with van der Waals surface area (Å²) in [6.45, 7) is 3.41. The fraction of sp³-hybridized carbons (Fsp3) is 0.143. The molecule has 20 heavy (non-hydrogen) atoms. The molecule has 0 heterocycles. The molecule has 0 aliphatic rings. The number of halogens is 1. The van der Waals surface area contributed by atoms with E-state index in [0.717, 1.165) is 5.56 Å². The number of nitrogens with two attached hydrogens (primary N) is 1. The zero-order valence-electron chi connectivity index (χ0n) is 11.1. The van der Waals surface area contributed by atoms with Crippen molar-refractivity contribution >= 4 is 10.0 Å². The second-order valence-corrected chi connectivity index (χ2v) is 6.01. The lowest BCUT2D eigenvalue weighted by molar-refractivity contribution is 0.472. The van der Waals surface area contributed by atoms with Gasteiger partial charge in [0, 0.05) is 6.07 Å². The second kappa shape index (κ2) is 5.22. The Bertz CT molecular complexity index is 757. The van der Waals surface area contributed by atoms with Crippen molar-refractivity contribution in [2.45, 2.75) is 18.7 Å². The van der Waals surface area contributed by atoms with Crippen LogP contribution < -0.4 is 9.88 Å². The number of primary sulfonamides is 1. The molecule has 2 aromatic carbocycles. The molecule has 2 N–H and O–H groups in total. The number of hydrogen-bond donors (Lipinski definition) is 1. The summed E-state index contributed by atoms with van der Waals surface area (Å²) < 4.78 is 41.4. The lowest BCUT2D eigenvalue weighted by Gasteiger charge is -2.10. The molecule has 0 aromatic heterocycles. The molecule has 0 atom stereocenters. The number of sulfonamides is 1. The molecule has 0 aliphatic carbocycles. The molecular weight excluding hydrogens is 281 g/mol. The lowest BCUT2D eigenvalue weighted by Crippen LogP contribution is -2.13. The number of rotatable bonds is 3. The van der Waals surface area contributed by atoms with Crippen LogP contribution in [0.2, 0.25) is 0 Å². The largest absolute Gasteiger partial charge is 0.457 e. The van der Waals surface area contributed by atoms with Gasteiger partial charge in [0.25, 0.3) is 0 Å². The maximum absolute atomic E-state index is 13.2. The van der Waals surface area contributed by atoms with Gasteiger partial charge in [-0.25, -0.2) is 17.9 Å². The minimum Gasteiger partial charge on any atom is -0.457 e. The first-order valence-electron chi connectivity index (χ1n) is 5.85. The Hall–Kier alpha value is -1.92. The first-order valence-corrected chi connectivity index (χ1v) is 7.39. The number of aryl methyl sites for hydroxylation is 2. The highest BCUT2D eigenvalue weighted by Gasteiger charge is 2.12. The summed E-state index contributed by atoms with van der Waals surface area (Å²) in [6, 6.07) is 8.63. The lowest BCUT2D eigenvalue weighted by atomic mass is 10.2. The van der Waals surface area contributed by atoms with Crippen LogP contribution in [0.1, 0.15) is 11.1 Å². The molecular formula is C14H14FNO3S. The Kier molecular flexibility index (Phi) is 3.78. The minimum absolute atomic E-state index is 0.0424. The quantitative estimate of drug-likeness (QED) is 0.946. The smallest absolute Gasteiger partial charge is 0.238 e. The van der Waals surface area contributed by atoms with E-state index >= 15 is 0 Å². The Morgan fingerprint density at radius 2 is 1.75 bits per heavy atom. The van der Waals surface area contributed by atoms with E-state index in [1.54, 1.807) is 26.0 Å². The molecule has 0 fully saturated rings. The molecule has 0 bridgehead atoms. The summed E-state index contributed by atoms with van der Waals surface area (Å²) in [5, 5.41) is 5.09. The number of ether oxygens (including phenoxy) is 1. The molecule has 0 aliphatic heterocycles. The van der Waals surface area contributed by atoms with Crippen molar-refractivity contribution in [3.63, 3.8) is 0 Å². The van der Waals surface area contributed by atoms with Crippen molar-refractivity contribution in [2.75, 3.05) is 0 Å². The molecule has 4 nitrogen and oxygen atoms in total. The fourth-order valence-electron chi connectivity index (χ4n) is 1.82. The Morgan fingerprint density at radius 3 is 2.35 bits per heavy atom. The normalized spacial score (nSPS) is 11.4. The van der Waals surface area contributed by atoms with Crippen LogP contribution in [0.4, 0.5) is 4.39 Å². The van der Waals surface area contributed by atoms with Crippen molar-refractivity contribution in [1.82, 2.24) is 0 Å². The van der Waals surface area contributed by atoms with Gasteiger partial charge in [0.15, 0.2) is 0 Å². The van der Waals surface area contributed by atoms with E-state index in [-0.39, 0.29) is 4.90 Å². The van der Waals surface area contributed by atoms with Gasteiger partial charge in [-0.1, -0.05) is 6.07 Å². The maximum atomic E-state index is 13.2. The van der Waals surface area contributed by atoms with Crippen molar-refractivity contribution in [1.29, 1.82) is 0 Å². The van der Waals surface area contributed by atoms with Gasteiger partial charge in [0.2, 0.25) is 10.0 Å². The van der Waals surface area contributed by atoms with Crippen molar-refractivity contribution in [3.05, 3.63) is 53.3 Å². The molecule has 0 radical (unpaired) electrons. The standard InChI is InChI=1S/C14H14FNO3S/c1-9-3-4-11(15)8-13(9)19-12-5-6-14(10(2)7-12)20(16,17)18/h3-8H,1-2H3,(H2,16,17,18). The van der Waals surface area contributed by atoms with Gasteiger partial charge in [-0.05, 0) is 49.2 Å². The third-order valence-electron chi connectivity index (χ3n) is 2.83. The zero-order chi connectivity index (χ0) is 14.9. The Labute approximate surface area is 117 Å². The Morgan fingerprint density at radius 1 is 1.05 bits per heavy atom. The molecule has 2 rings (SSSR count). The third kappa shape index (κ3) is 3.15. The van der Waals surface area contributed by atoms with Gasteiger partial charge in [0.05, 0.1) is 4.90 Å². The van der Waals surface area contributed by atoms with Gasteiger partial charge in [0.1, 0.15) is 17.3 Å². The number of hydrogen-bond acceptors (Lipinski definition) is 3. The van der Waals surface area contributed by atoms with Gasteiger partial charge >= 0.3 is 0 Å². The van der Waals surface area contributed by atoms with Crippen molar-refractivity contribution in [2.24, 2.45) is 5.14 Å². The molecule has 6 heteroatoms. The minimum atomic E-state index is -3.75. The van der Waals surface area contributed by atoms with Gasteiger partial charge in [-0.15, -0.1) is 0 Å². The van der Waals surface area contributed by atoms with Crippen LogP contribution in [0.3, 0.4) is 0 Å². The first-order chi connectivity index (χ1) is 9.27. The van der Waals surface area contributed by atoms with Crippen LogP contribution in [0.15, 0.2) is 41.3 Å². The molecule has 0 unspecified atom stereocenters. The third-order valence-corrected chi connectivity index (χ3v) is 3.90. The van der Waals surface area contributed by atoms with Crippen molar-refractivity contribution < 1.29 is 17.5 Å². The first kappa shape index (κ1) is 14.5. The topological polar surface area (TPSA) is 69.4 Å². The highest BCUT2D eigenvalue weighted by molar-refractivity contribution is 7.89. The molecule has 106 valence electrons. The summed E-state index contributed by atoms with van der Waals surface area (Å²) in [5.41, 5.74) is 1.25. The predicted octanol–water partition coefficient (Wildman–Crippen LogP) is 2.88. The zero-order valence-corrected chi connectivity index (χ0v) is 11.9. The van der Waals surface area contributed by atoms with Gasteiger partial charge in [-0.3, -0.25) is 0 Å². The van der Waals surface area contributed by atoms with E-state index < -0.39 is 15.8 Å². The summed E-state index contributed by atoms with van der Waals surface area (Å²) >= 11 is 0. The predicted molar refractivity (Wildman–Crippen MR) is 73.8 cm³/mol. The highest BCUT2D eigenvalue weighted by atomic mass is 32.2. The van der Waals surface area contributed by atoms with E-state index in [1.165, 1.54) is 24.3 Å². The number of benzene rings is 2. The molecule has 0 saturated heterocycles. The van der Waals surface area contributed by atoms with Crippen LogP contribution >= 0.6 is 0 Å². The average Bonchev–Trinajstić information content (AvgIpc) is 2.32.